The molecule has 1 heterocycles. The lowest BCUT2D eigenvalue weighted by molar-refractivity contribution is 0.111. The van der Waals surface area contributed by atoms with E-state index in [1.807, 2.05) is 0 Å². The van der Waals surface area contributed by atoms with E-state index in [1.165, 1.54) is 0 Å². The van der Waals surface area contributed by atoms with Crippen LogP contribution in [0.25, 0.3) is 5.69 Å². The molecule has 0 unspecified atom stereocenters. The van der Waals surface area contributed by atoms with Gasteiger partial charge < -0.3 is 0 Å². The molecule has 0 bridgehead atoms. The molecule has 2 aromatic rings. The molecular formula is C9H4F3N3O. The van der Waals surface area contributed by atoms with Crippen molar-refractivity contribution in [2.45, 2.75) is 0 Å². The van der Waals surface area contributed by atoms with Gasteiger partial charge in [0.25, 0.3) is 0 Å². The molecule has 0 radical (unpaired) electrons. The van der Waals surface area contributed by atoms with Crippen molar-refractivity contribution in [2.24, 2.45) is 0 Å². The zero-order chi connectivity index (χ0) is 11.7. The molecule has 1 aromatic carbocycles. The fraction of sp³-hybridized carbons (Fsp3) is 0. The standard InChI is InChI=1S/C9H4F3N3O/c10-5-1-7(11)9(8(12)2-5)15-13-3-6(4-16)14-15/h1-4H. The highest BCUT2D eigenvalue weighted by atomic mass is 19.1. The summed E-state index contributed by atoms with van der Waals surface area (Å²) < 4.78 is 39.1. The second-order valence-corrected chi connectivity index (χ2v) is 2.89. The monoisotopic (exact) mass is 227 g/mol. The fourth-order valence-corrected chi connectivity index (χ4v) is 1.16. The summed E-state index contributed by atoms with van der Waals surface area (Å²) in [6, 6.07) is 1.00. The predicted molar refractivity (Wildman–Crippen MR) is 46.6 cm³/mol. The third kappa shape index (κ3) is 1.67. The SMILES string of the molecule is O=Cc1cnn(-c2c(F)cc(F)cc2F)n1. The Hall–Kier alpha value is -2.18. The van der Waals surface area contributed by atoms with Crippen molar-refractivity contribution >= 4 is 6.29 Å². The van der Waals surface area contributed by atoms with Crippen molar-refractivity contribution in [3.63, 3.8) is 0 Å². The number of rotatable bonds is 2. The maximum absolute atomic E-state index is 13.2. The second-order valence-electron chi connectivity index (χ2n) is 2.89. The molecule has 1 aromatic heterocycles. The van der Waals surface area contributed by atoms with Crippen LogP contribution in [0.15, 0.2) is 18.3 Å². The molecule has 0 aliphatic carbocycles. The van der Waals surface area contributed by atoms with Gasteiger partial charge in [-0.1, -0.05) is 0 Å². The highest BCUT2D eigenvalue weighted by Gasteiger charge is 2.15. The summed E-state index contributed by atoms with van der Waals surface area (Å²) >= 11 is 0. The van der Waals surface area contributed by atoms with Crippen LogP contribution < -0.4 is 0 Å². The summed E-state index contributed by atoms with van der Waals surface area (Å²) in [5.41, 5.74) is -0.711. The smallest absolute Gasteiger partial charge is 0.171 e. The van der Waals surface area contributed by atoms with Crippen LogP contribution in [-0.4, -0.2) is 21.3 Å². The topological polar surface area (TPSA) is 47.8 Å². The summed E-state index contributed by atoms with van der Waals surface area (Å²) in [6.45, 7) is 0. The molecule has 2 rings (SSSR count). The third-order valence-corrected chi connectivity index (χ3v) is 1.81. The zero-order valence-corrected chi connectivity index (χ0v) is 7.69. The average Bonchev–Trinajstić information content (AvgIpc) is 2.64. The van der Waals surface area contributed by atoms with Crippen molar-refractivity contribution in [1.29, 1.82) is 0 Å². The van der Waals surface area contributed by atoms with Crippen LogP contribution in [-0.2, 0) is 0 Å². The number of hydrogen-bond donors (Lipinski definition) is 0. The van der Waals surface area contributed by atoms with E-state index < -0.39 is 23.1 Å². The van der Waals surface area contributed by atoms with E-state index in [0.717, 1.165) is 6.20 Å². The van der Waals surface area contributed by atoms with Gasteiger partial charge in [0.05, 0.1) is 6.20 Å². The van der Waals surface area contributed by atoms with Crippen LogP contribution >= 0.6 is 0 Å². The van der Waals surface area contributed by atoms with Gasteiger partial charge in [0.1, 0.15) is 11.5 Å². The van der Waals surface area contributed by atoms with Crippen molar-refractivity contribution < 1.29 is 18.0 Å². The maximum Gasteiger partial charge on any atom is 0.171 e. The van der Waals surface area contributed by atoms with Crippen molar-refractivity contribution in [2.75, 3.05) is 0 Å². The van der Waals surface area contributed by atoms with Gasteiger partial charge in [-0.05, 0) is 0 Å². The first kappa shape index (κ1) is 10.3. The Bertz CT molecular complexity index is 530. The number of benzene rings is 1. The largest absolute Gasteiger partial charge is 0.296 e. The molecule has 0 saturated heterocycles. The summed E-state index contributed by atoms with van der Waals surface area (Å²) in [7, 11) is 0. The summed E-state index contributed by atoms with van der Waals surface area (Å²) in [4.78, 5) is 10.9. The molecule has 0 amide bonds. The van der Waals surface area contributed by atoms with Gasteiger partial charge in [-0.2, -0.15) is 5.10 Å². The minimum Gasteiger partial charge on any atom is -0.296 e. The van der Waals surface area contributed by atoms with Crippen molar-refractivity contribution in [3.05, 3.63) is 41.5 Å². The maximum atomic E-state index is 13.2. The van der Waals surface area contributed by atoms with Gasteiger partial charge in [-0.3, -0.25) is 4.79 Å². The molecular weight excluding hydrogens is 223 g/mol. The molecule has 7 heteroatoms. The lowest BCUT2D eigenvalue weighted by Gasteiger charge is -2.02. The van der Waals surface area contributed by atoms with Crippen molar-refractivity contribution in [1.82, 2.24) is 15.0 Å². The highest BCUT2D eigenvalue weighted by Crippen LogP contribution is 2.17. The van der Waals surface area contributed by atoms with Gasteiger partial charge in [-0.25, -0.2) is 13.2 Å². The van der Waals surface area contributed by atoms with E-state index in [0.29, 0.717) is 23.2 Å². The van der Waals surface area contributed by atoms with Crippen LogP contribution in [0.5, 0.6) is 0 Å². The van der Waals surface area contributed by atoms with Crippen LogP contribution in [0.3, 0.4) is 0 Å². The quantitative estimate of drug-likeness (QED) is 0.730. The number of carbonyl (C=O) groups excluding carboxylic acids is 1. The number of halogens is 3. The van der Waals surface area contributed by atoms with E-state index in [9.17, 15) is 18.0 Å². The minimum absolute atomic E-state index is 0.0804. The van der Waals surface area contributed by atoms with Crippen molar-refractivity contribution in [3.8, 4) is 5.69 Å². The van der Waals surface area contributed by atoms with E-state index in [1.54, 1.807) is 0 Å². The second kappa shape index (κ2) is 3.76. The van der Waals surface area contributed by atoms with Gasteiger partial charge in [0, 0.05) is 12.1 Å². The van der Waals surface area contributed by atoms with E-state index in [4.69, 9.17) is 0 Å². The molecule has 82 valence electrons. The molecule has 4 nitrogen and oxygen atoms in total. The third-order valence-electron chi connectivity index (χ3n) is 1.81. The number of nitrogens with zero attached hydrogens (tertiary/aromatic N) is 3. The number of aromatic nitrogens is 3. The summed E-state index contributed by atoms with van der Waals surface area (Å²) in [6.07, 6.45) is 1.41. The molecule has 0 aliphatic heterocycles. The van der Waals surface area contributed by atoms with Gasteiger partial charge in [-0.15, -0.1) is 9.90 Å². The number of carbonyl (C=O) groups is 1. The molecule has 16 heavy (non-hydrogen) atoms. The fourth-order valence-electron chi connectivity index (χ4n) is 1.16. The molecule has 0 spiro atoms. The molecule has 0 fully saturated rings. The summed E-state index contributed by atoms with van der Waals surface area (Å²) in [5, 5.41) is 6.97. The van der Waals surface area contributed by atoms with Crippen LogP contribution in [0.4, 0.5) is 13.2 Å². The van der Waals surface area contributed by atoms with Gasteiger partial charge >= 0.3 is 0 Å². The first-order valence-corrected chi connectivity index (χ1v) is 4.14. The number of hydrogen-bond acceptors (Lipinski definition) is 3. The zero-order valence-electron chi connectivity index (χ0n) is 7.69. The van der Waals surface area contributed by atoms with E-state index in [2.05, 4.69) is 10.2 Å². The Morgan fingerprint density at radius 1 is 1.19 bits per heavy atom. The van der Waals surface area contributed by atoms with Gasteiger partial charge in [0.15, 0.2) is 23.6 Å². The Morgan fingerprint density at radius 2 is 1.81 bits per heavy atom. The van der Waals surface area contributed by atoms with E-state index in [-0.39, 0.29) is 5.69 Å². The van der Waals surface area contributed by atoms with Crippen LogP contribution in [0.2, 0.25) is 0 Å². The Labute approximate surface area is 87.3 Å². The molecule has 0 N–H and O–H groups in total. The van der Waals surface area contributed by atoms with E-state index >= 15 is 0 Å². The highest BCUT2D eigenvalue weighted by molar-refractivity contribution is 5.70. The predicted octanol–water partition coefficient (Wildman–Crippen LogP) is 1.50. The molecule has 0 saturated carbocycles. The van der Waals surface area contributed by atoms with Crippen LogP contribution in [0.1, 0.15) is 10.5 Å². The first-order chi connectivity index (χ1) is 7.61. The lowest BCUT2D eigenvalue weighted by Crippen LogP contribution is -2.06. The Kier molecular flexibility index (Phi) is 2.43. The first-order valence-electron chi connectivity index (χ1n) is 4.14. The summed E-state index contributed by atoms with van der Waals surface area (Å²) in [5.74, 6) is -3.34. The Balaban J connectivity index is 2.59. The van der Waals surface area contributed by atoms with Crippen LogP contribution in [0, 0.1) is 17.5 Å². The Morgan fingerprint density at radius 3 is 2.31 bits per heavy atom. The molecule has 0 atom stereocenters. The van der Waals surface area contributed by atoms with Gasteiger partial charge in [0.2, 0.25) is 0 Å². The molecule has 0 aliphatic rings. The number of aldehydes is 1. The normalized spacial score (nSPS) is 10.4. The average molecular weight is 227 g/mol. The minimum atomic E-state index is -1.15. The lowest BCUT2D eigenvalue weighted by atomic mass is 10.3.